The van der Waals surface area contributed by atoms with E-state index in [1.54, 1.807) is 24.5 Å². The van der Waals surface area contributed by atoms with Crippen molar-refractivity contribution in [3.05, 3.63) is 77.1 Å². The molecule has 2 aliphatic rings. The largest absolute Gasteiger partial charge is 0.573 e. The molecule has 40 heavy (non-hydrogen) atoms. The minimum atomic E-state index is -4.92. The van der Waals surface area contributed by atoms with Gasteiger partial charge in [0, 0.05) is 73.3 Å². The summed E-state index contributed by atoms with van der Waals surface area (Å²) in [4.78, 5) is 30.5. The van der Waals surface area contributed by atoms with E-state index in [2.05, 4.69) is 54.7 Å². The van der Waals surface area contributed by atoms with E-state index in [1.165, 1.54) is 11.9 Å². The molecule has 0 aliphatic carbocycles. The molecule has 2 N–H and O–H groups in total. The summed E-state index contributed by atoms with van der Waals surface area (Å²) in [6.45, 7) is 10.9. The van der Waals surface area contributed by atoms with Crippen molar-refractivity contribution in [1.82, 2.24) is 24.8 Å². The second-order valence-electron chi connectivity index (χ2n) is 9.44. The predicted molar refractivity (Wildman–Crippen MR) is 149 cm³/mol. The van der Waals surface area contributed by atoms with Crippen LogP contribution in [0.25, 0.3) is 0 Å². The van der Waals surface area contributed by atoms with E-state index >= 15 is 0 Å². The van der Waals surface area contributed by atoms with Crippen LogP contribution in [0.1, 0.15) is 41.4 Å². The van der Waals surface area contributed by atoms with Crippen LogP contribution in [0.5, 0.6) is 0 Å². The van der Waals surface area contributed by atoms with Gasteiger partial charge in [-0.05, 0) is 31.9 Å². The zero-order valence-corrected chi connectivity index (χ0v) is 23.5. The first-order chi connectivity index (χ1) is 18.9. The molecule has 9 nitrogen and oxygen atoms in total. The lowest BCUT2D eigenvalue weighted by Gasteiger charge is -2.41. The summed E-state index contributed by atoms with van der Waals surface area (Å²) in [5, 5.41) is 2.35. The second-order valence-corrected chi connectivity index (χ2v) is 10.5. The van der Waals surface area contributed by atoms with Crippen LogP contribution in [-0.4, -0.2) is 61.9 Å². The number of hydrogen-bond donors (Lipinski definition) is 2. The Morgan fingerprint density at radius 2 is 2.08 bits per heavy atom. The maximum absolute atomic E-state index is 13.2. The molecule has 14 heteroatoms. The van der Waals surface area contributed by atoms with Crippen molar-refractivity contribution in [1.29, 1.82) is 0 Å². The van der Waals surface area contributed by atoms with E-state index in [-0.39, 0.29) is 29.6 Å². The Morgan fingerprint density at radius 3 is 2.75 bits per heavy atom. The van der Waals surface area contributed by atoms with Gasteiger partial charge in [-0.25, -0.2) is 15.0 Å². The number of pyridine rings is 1. The Kier molecular flexibility index (Phi) is 9.26. The van der Waals surface area contributed by atoms with Gasteiger partial charge in [0.15, 0.2) is 0 Å². The van der Waals surface area contributed by atoms with Gasteiger partial charge in [0.2, 0.25) is 5.95 Å². The van der Waals surface area contributed by atoms with Crippen molar-refractivity contribution in [2.24, 2.45) is 0 Å². The van der Waals surface area contributed by atoms with Crippen LogP contribution in [0.15, 0.2) is 60.2 Å². The van der Waals surface area contributed by atoms with Crippen LogP contribution >= 0.6 is 23.5 Å². The van der Waals surface area contributed by atoms with Gasteiger partial charge < -0.3 is 19.7 Å². The fourth-order valence-electron chi connectivity index (χ4n) is 4.79. The summed E-state index contributed by atoms with van der Waals surface area (Å²) in [5.74, 6) is 0.137. The molecule has 1 amide bonds. The Bertz CT molecular complexity index is 1320. The lowest BCUT2D eigenvalue weighted by atomic mass is 9.96. The molecule has 0 bridgehead atoms. The van der Waals surface area contributed by atoms with Crippen LogP contribution < -0.4 is 10.0 Å². The van der Waals surface area contributed by atoms with Crippen LogP contribution in [0, 0.1) is 0 Å². The fraction of sp³-hybridized carbons (Fsp3) is 0.385. The zero-order valence-electron chi connectivity index (χ0n) is 22.0. The molecule has 214 valence electrons. The molecule has 0 saturated carbocycles. The quantitative estimate of drug-likeness (QED) is 0.216. The molecule has 2 atom stereocenters. The number of ether oxygens (including phenoxy) is 1. The second kappa shape index (κ2) is 12.5. The van der Waals surface area contributed by atoms with Crippen LogP contribution in [0.2, 0.25) is 0 Å². The van der Waals surface area contributed by atoms with Gasteiger partial charge in [-0.15, -0.1) is 13.2 Å². The van der Waals surface area contributed by atoms with Crippen LogP contribution in [0.3, 0.4) is 0 Å². The average Bonchev–Trinajstić information content (AvgIpc) is 3.31. The summed E-state index contributed by atoms with van der Waals surface area (Å²) in [6.07, 6.45) is 2.90. The van der Waals surface area contributed by atoms with Gasteiger partial charge in [0.05, 0.1) is 10.7 Å². The van der Waals surface area contributed by atoms with E-state index in [1.807, 2.05) is 11.2 Å². The molecular formula is C26H29ClF3N7O2S. The predicted octanol–water partition coefficient (Wildman–Crippen LogP) is 5.67. The number of nitrogens with zero attached hydrogens (tertiary/aromatic N) is 5. The third-order valence-corrected chi connectivity index (χ3v) is 7.19. The Hall–Kier alpha value is -3.29. The minimum absolute atomic E-state index is 0.0143. The molecule has 2 aromatic rings. The average molecular weight is 596 g/mol. The number of aromatic nitrogens is 3. The minimum Gasteiger partial charge on any atom is -0.404 e. The molecule has 0 spiro atoms. The van der Waals surface area contributed by atoms with Crippen molar-refractivity contribution in [2.45, 2.75) is 51.3 Å². The van der Waals surface area contributed by atoms with Crippen molar-refractivity contribution in [3.63, 3.8) is 0 Å². The number of piperidine rings is 1. The molecule has 1 saturated heterocycles. The van der Waals surface area contributed by atoms with Crippen molar-refractivity contribution < 1.29 is 22.7 Å². The highest BCUT2D eigenvalue weighted by Crippen LogP contribution is 2.31. The molecule has 2 aliphatic heterocycles. The van der Waals surface area contributed by atoms with Gasteiger partial charge in [-0.1, -0.05) is 36.7 Å². The normalized spacial score (nSPS) is 19.6. The SMILES string of the molecule is C=C(/C=C(/OC(F)(F)F)C(=C)Cl)Nc1ncc2c(n1)CN([C@H]1CCN(C(=O)c3ccnc(NSC)c3)[C@H](C)C1)C2. The Labute approximate surface area is 239 Å². The number of rotatable bonds is 9. The lowest BCUT2D eigenvalue weighted by molar-refractivity contribution is -0.303. The smallest absolute Gasteiger partial charge is 0.404 e. The summed E-state index contributed by atoms with van der Waals surface area (Å²) in [5.41, 5.74) is 2.44. The zero-order chi connectivity index (χ0) is 29.0. The van der Waals surface area contributed by atoms with E-state index < -0.39 is 17.2 Å². The highest BCUT2D eigenvalue weighted by atomic mass is 35.5. The van der Waals surface area contributed by atoms with E-state index in [0.717, 1.165) is 30.2 Å². The Balaban J connectivity index is 1.36. The number of allylic oxidation sites excluding steroid dienone is 2. The molecule has 1 fully saturated rings. The number of hydrogen-bond acceptors (Lipinski definition) is 9. The number of alkyl halides is 3. The number of nitrogens with one attached hydrogen (secondary N) is 2. The first kappa shape index (κ1) is 29.7. The highest BCUT2D eigenvalue weighted by molar-refractivity contribution is 7.99. The van der Waals surface area contributed by atoms with E-state index in [0.29, 0.717) is 31.0 Å². The van der Waals surface area contributed by atoms with Gasteiger partial charge in [0.1, 0.15) is 11.6 Å². The first-order valence-electron chi connectivity index (χ1n) is 12.4. The van der Waals surface area contributed by atoms with Gasteiger partial charge in [-0.2, -0.15) is 0 Å². The van der Waals surface area contributed by atoms with Gasteiger partial charge >= 0.3 is 6.36 Å². The topological polar surface area (TPSA) is 95.5 Å². The highest BCUT2D eigenvalue weighted by Gasteiger charge is 2.35. The molecule has 4 heterocycles. The maximum atomic E-state index is 13.2. The summed E-state index contributed by atoms with van der Waals surface area (Å²) in [6, 6.07) is 3.79. The van der Waals surface area contributed by atoms with Crippen LogP contribution in [-0.2, 0) is 17.8 Å². The number of carbonyl (C=O) groups is 1. The first-order valence-corrected chi connectivity index (χ1v) is 14.0. The van der Waals surface area contributed by atoms with Crippen LogP contribution in [0.4, 0.5) is 24.9 Å². The van der Waals surface area contributed by atoms with Crippen molar-refractivity contribution in [3.8, 4) is 0 Å². The third-order valence-electron chi connectivity index (χ3n) is 6.59. The number of likely N-dealkylation sites (tertiary alicyclic amines) is 1. The number of halogens is 4. The van der Waals surface area contributed by atoms with Crippen molar-refractivity contribution in [2.75, 3.05) is 22.8 Å². The number of anilines is 2. The monoisotopic (exact) mass is 595 g/mol. The summed E-state index contributed by atoms with van der Waals surface area (Å²) < 4.78 is 44.8. The third kappa shape index (κ3) is 7.46. The lowest BCUT2D eigenvalue weighted by Crippen LogP contribution is -2.50. The number of amides is 1. The van der Waals surface area contributed by atoms with E-state index in [9.17, 15) is 18.0 Å². The summed E-state index contributed by atoms with van der Waals surface area (Å²) in [7, 11) is 0. The van der Waals surface area contributed by atoms with Crippen molar-refractivity contribution >= 4 is 41.2 Å². The molecule has 0 aromatic carbocycles. The summed E-state index contributed by atoms with van der Waals surface area (Å²) >= 11 is 7.04. The van der Waals surface area contributed by atoms with Gasteiger partial charge in [-0.3, -0.25) is 9.69 Å². The molecular weight excluding hydrogens is 567 g/mol. The molecule has 4 rings (SSSR count). The van der Waals surface area contributed by atoms with E-state index in [4.69, 9.17) is 11.6 Å². The molecule has 2 aromatic heterocycles. The molecule has 0 unspecified atom stereocenters. The maximum Gasteiger partial charge on any atom is 0.573 e. The standard InChI is InChI=1S/C26H29ClF3N7O2S/c1-15(9-22(17(3)27)39-26(28,29)30)33-25-32-12-19-13-36(14-21(19)34-25)20-6-8-37(16(2)10-20)24(38)18-5-7-31-23(11-18)35-40-4/h5,7,9,11-12,16,20H,1,3,6,8,10,13-14H2,2,4H3,(H,31,35)(H,32,33,34)/b22-9+/t16-,20+/m1/s1. The fourth-order valence-corrected chi connectivity index (χ4v) is 5.21. The Morgan fingerprint density at radius 1 is 1.30 bits per heavy atom. The van der Waals surface area contributed by atoms with Gasteiger partial charge in [0.25, 0.3) is 5.91 Å². The number of fused-ring (bicyclic) bond motifs is 1. The molecule has 0 radical (unpaired) electrons. The number of carbonyl (C=O) groups excluding carboxylic acids is 1.